The molecule has 0 spiro atoms. The van der Waals surface area contributed by atoms with Crippen LogP contribution in [-0.4, -0.2) is 34.7 Å². The predicted molar refractivity (Wildman–Crippen MR) is 190 cm³/mol. The number of hydrogen-bond acceptors (Lipinski definition) is 8. The van der Waals surface area contributed by atoms with E-state index in [9.17, 15) is 9.59 Å². The molecule has 1 aliphatic heterocycles. The highest BCUT2D eigenvalue weighted by atomic mass is 35.5. The quantitative estimate of drug-likeness (QED) is 0.0840. The molecule has 1 N–H and O–H groups in total. The van der Waals surface area contributed by atoms with Gasteiger partial charge < -0.3 is 19.2 Å². The summed E-state index contributed by atoms with van der Waals surface area (Å²) in [7, 11) is 0. The largest absolute Gasteiger partial charge is 0.483 e. The van der Waals surface area contributed by atoms with Gasteiger partial charge in [0.2, 0.25) is 0 Å². The molecule has 48 heavy (non-hydrogen) atoms. The third-order valence-corrected chi connectivity index (χ3v) is 8.20. The van der Waals surface area contributed by atoms with Gasteiger partial charge in [-0.15, -0.1) is 5.10 Å². The first-order chi connectivity index (χ1) is 23.4. The molecule has 1 saturated heterocycles. The van der Waals surface area contributed by atoms with Gasteiger partial charge in [0.25, 0.3) is 11.8 Å². The topological polar surface area (TPSA) is 106 Å². The number of para-hydroxylation sites is 1. The molecule has 1 aliphatic rings. The van der Waals surface area contributed by atoms with Crippen LogP contribution in [0.1, 0.15) is 16.9 Å². The van der Waals surface area contributed by atoms with Gasteiger partial charge in [-0.3, -0.25) is 14.5 Å². The van der Waals surface area contributed by atoms with Crippen LogP contribution in [0.3, 0.4) is 0 Å². The number of hydrogen-bond donors (Lipinski definition) is 1. The van der Waals surface area contributed by atoms with Crippen molar-refractivity contribution in [1.29, 1.82) is 0 Å². The minimum atomic E-state index is -0.369. The van der Waals surface area contributed by atoms with Crippen molar-refractivity contribution >= 4 is 69.9 Å². The van der Waals surface area contributed by atoms with Gasteiger partial charge in [-0.1, -0.05) is 53.5 Å². The van der Waals surface area contributed by atoms with E-state index < -0.39 is 0 Å². The summed E-state index contributed by atoms with van der Waals surface area (Å²) in [5.74, 6) is 1.63. The molecule has 1 fully saturated rings. The summed E-state index contributed by atoms with van der Waals surface area (Å²) >= 11 is 13.4. The average molecular weight is 698 g/mol. The SMILES string of the molecule is O=C(COc1ccc(Cl)cc1/C=C1\S/C(=N/N=C\c2cccc(Oc3ccccc3)c2)N(Cc2ccco2)C1=O)Nc1ccc(Cl)cc1. The van der Waals surface area contributed by atoms with E-state index in [0.29, 0.717) is 48.6 Å². The van der Waals surface area contributed by atoms with Crippen LogP contribution >= 0.6 is 35.0 Å². The standard InChI is InChI=1S/C36H26Cl2N4O5S/c37-26-11-14-28(15-12-26)40-34(43)23-46-32-16-13-27(38)19-25(32)20-33-35(44)42(22-31-10-5-17-45-31)36(48-33)41-39-21-24-6-4-9-30(18-24)47-29-7-2-1-3-8-29/h1-21H,22-23H2,(H,40,43)/b33-20-,39-21-,41-36+. The number of thioether (sulfide) groups is 1. The lowest BCUT2D eigenvalue weighted by Crippen LogP contribution is -2.28. The lowest BCUT2D eigenvalue weighted by Gasteiger charge is -2.13. The summed E-state index contributed by atoms with van der Waals surface area (Å²) < 4.78 is 17.3. The third kappa shape index (κ3) is 8.74. The third-order valence-electron chi connectivity index (χ3n) is 6.71. The van der Waals surface area contributed by atoms with Gasteiger partial charge in [-0.25, -0.2) is 0 Å². The van der Waals surface area contributed by atoms with Gasteiger partial charge in [0.1, 0.15) is 23.0 Å². The molecule has 5 aromatic rings. The van der Waals surface area contributed by atoms with Crippen LogP contribution in [-0.2, 0) is 16.1 Å². The number of rotatable bonds is 11. The van der Waals surface area contributed by atoms with Crippen molar-refractivity contribution < 1.29 is 23.5 Å². The molecule has 0 bridgehead atoms. The van der Waals surface area contributed by atoms with Crippen LogP contribution in [0.5, 0.6) is 17.2 Å². The Labute approximate surface area is 290 Å². The van der Waals surface area contributed by atoms with Gasteiger partial charge in [-0.05, 0) is 102 Å². The fourth-order valence-electron chi connectivity index (χ4n) is 4.49. The van der Waals surface area contributed by atoms with Crippen molar-refractivity contribution in [3.8, 4) is 17.2 Å². The Kier molecular flexibility index (Phi) is 10.6. The second kappa shape index (κ2) is 15.5. The molecular formula is C36H26Cl2N4O5S. The molecule has 2 amide bonds. The summed E-state index contributed by atoms with van der Waals surface area (Å²) in [5, 5.41) is 12.8. The molecule has 6 rings (SSSR count). The zero-order valence-corrected chi connectivity index (χ0v) is 27.4. The minimum absolute atomic E-state index is 0.148. The summed E-state index contributed by atoms with van der Waals surface area (Å²) in [6.45, 7) is -0.125. The van der Waals surface area contributed by atoms with Crippen molar-refractivity contribution in [2.24, 2.45) is 10.2 Å². The van der Waals surface area contributed by atoms with Crippen molar-refractivity contribution in [3.05, 3.63) is 147 Å². The van der Waals surface area contributed by atoms with E-state index in [1.165, 1.54) is 11.2 Å². The highest BCUT2D eigenvalue weighted by molar-refractivity contribution is 8.18. The number of ether oxygens (including phenoxy) is 2. The Hall–Kier alpha value is -5.29. The smallest absolute Gasteiger partial charge is 0.267 e. The fourth-order valence-corrected chi connectivity index (χ4v) is 5.72. The summed E-state index contributed by atoms with van der Waals surface area (Å²) in [6, 6.07) is 32.1. The Balaban J connectivity index is 1.20. The first kappa shape index (κ1) is 32.6. The Morgan fingerprint density at radius 1 is 0.896 bits per heavy atom. The van der Waals surface area contributed by atoms with E-state index in [1.54, 1.807) is 66.9 Å². The van der Waals surface area contributed by atoms with Crippen molar-refractivity contribution in [2.45, 2.75) is 6.54 Å². The highest BCUT2D eigenvalue weighted by Crippen LogP contribution is 2.36. The molecule has 12 heteroatoms. The Morgan fingerprint density at radius 3 is 2.48 bits per heavy atom. The number of nitrogens with zero attached hydrogens (tertiary/aromatic N) is 3. The average Bonchev–Trinajstić information content (AvgIpc) is 3.70. The molecular weight excluding hydrogens is 671 g/mol. The lowest BCUT2D eigenvalue weighted by molar-refractivity contribution is -0.122. The van der Waals surface area contributed by atoms with Gasteiger partial charge >= 0.3 is 0 Å². The maximum absolute atomic E-state index is 13.7. The lowest BCUT2D eigenvalue weighted by atomic mass is 10.2. The maximum Gasteiger partial charge on any atom is 0.267 e. The molecule has 0 unspecified atom stereocenters. The van der Waals surface area contributed by atoms with Crippen LogP contribution in [0.4, 0.5) is 5.69 Å². The first-order valence-corrected chi connectivity index (χ1v) is 16.1. The second-order valence-electron chi connectivity index (χ2n) is 10.2. The number of halogens is 2. The molecule has 9 nitrogen and oxygen atoms in total. The van der Waals surface area contributed by atoms with Gasteiger partial charge in [0.15, 0.2) is 11.8 Å². The molecule has 2 heterocycles. The molecule has 4 aromatic carbocycles. The zero-order chi connectivity index (χ0) is 33.3. The van der Waals surface area contributed by atoms with Crippen molar-refractivity contribution in [3.63, 3.8) is 0 Å². The van der Waals surface area contributed by atoms with E-state index in [-0.39, 0.29) is 25.0 Å². The number of nitrogens with one attached hydrogen (secondary N) is 1. The second-order valence-corrected chi connectivity index (χ2v) is 12.1. The van der Waals surface area contributed by atoms with Crippen LogP contribution in [0.15, 0.2) is 135 Å². The fraction of sp³-hybridized carbons (Fsp3) is 0.0556. The first-order valence-electron chi connectivity index (χ1n) is 14.6. The van der Waals surface area contributed by atoms with Gasteiger partial charge in [0, 0.05) is 21.3 Å². The summed E-state index contributed by atoms with van der Waals surface area (Å²) in [4.78, 5) is 28.1. The van der Waals surface area contributed by atoms with Crippen LogP contribution in [0.25, 0.3) is 6.08 Å². The molecule has 0 aliphatic carbocycles. The summed E-state index contributed by atoms with van der Waals surface area (Å²) in [5.41, 5.74) is 1.85. The van der Waals surface area contributed by atoms with Crippen molar-refractivity contribution in [1.82, 2.24) is 4.90 Å². The maximum atomic E-state index is 13.7. The molecule has 240 valence electrons. The highest BCUT2D eigenvalue weighted by Gasteiger charge is 2.34. The minimum Gasteiger partial charge on any atom is -0.483 e. The van der Waals surface area contributed by atoms with Crippen LogP contribution in [0.2, 0.25) is 10.0 Å². The number of carbonyl (C=O) groups is 2. The number of anilines is 1. The Bertz CT molecular complexity index is 2000. The molecule has 0 atom stereocenters. The summed E-state index contributed by atoms with van der Waals surface area (Å²) in [6.07, 6.45) is 4.77. The van der Waals surface area contributed by atoms with Crippen molar-refractivity contribution in [2.75, 3.05) is 11.9 Å². The molecule has 1 aromatic heterocycles. The Morgan fingerprint density at radius 2 is 1.69 bits per heavy atom. The number of furan rings is 1. The number of benzene rings is 4. The number of carbonyl (C=O) groups excluding carboxylic acids is 2. The molecule has 0 radical (unpaired) electrons. The van der Waals surface area contributed by atoms with E-state index in [2.05, 4.69) is 15.5 Å². The van der Waals surface area contributed by atoms with E-state index in [4.69, 9.17) is 37.1 Å². The van der Waals surface area contributed by atoms with Crippen LogP contribution in [0, 0.1) is 0 Å². The van der Waals surface area contributed by atoms with Crippen LogP contribution < -0.4 is 14.8 Å². The van der Waals surface area contributed by atoms with Gasteiger partial charge in [-0.2, -0.15) is 5.10 Å². The van der Waals surface area contributed by atoms with E-state index >= 15 is 0 Å². The normalized spacial score (nSPS) is 14.6. The molecule has 0 saturated carbocycles. The van der Waals surface area contributed by atoms with E-state index in [1.807, 2.05) is 54.6 Å². The monoisotopic (exact) mass is 696 g/mol. The van der Waals surface area contributed by atoms with Gasteiger partial charge in [0.05, 0.1) is 23.9 Å². The zero-order valence-electron chi connectivity index (χ0n) is 25.1. The van der Waals surface area contributed by atoms with E-state index in [0.717, 1.165) is 23.1 Å². The predicted octanol–water partition coefficient (Wildman–Crippen LogP) is 8.90. The number of amides is 2. The number of amidine groups is 1.